The average Bonchev–Trinajstić information content (AvgIpc) is 3.14. The van der Waals surface area contributed by atoms with E-state index in [0.717, 1.165) is 10.6 Å². The number of sulfonamides is 1. The lowest BCUT2D eigenvalue weighted by Gasteiger charge is -2.24. The molecular formula is C19H19ClN4O4S. The first-order valence-electron chi connectivity index (χ1n) is 8.60. The van der Waals surface area contributed by atoms with Crippen molar-refractivity contribution in [1.82, 2.24) is 15.0 Å². The van der Waals surface area contributed by atoms with Gasteiger partial charge in [-0.25, -0.2) is 8.42 Å². The summed E-state index contributed by atoms with van der Waals surface area (Å²) in [4.78, 5) is 18.2. The number of likely N-dealkylation sites (N-methyl/N-ethyl adjacent to an activating group) is 1. The summed E-state index contributed by atoms with van der Waals surface area (Å²) in [6, 6.07) is 15.5. The van der Waals surface area contributed by atoms with Crippen molar-refractivity contribution in [3.63, 3.8) is 0 Å². The summed E-state index contributed by atoms with van der Waals surface area (Å²) in [5, 5.41) is 4.37. The van der Waals surface area contributed by atoms with Gasteiger partial charge in [0.1, 0.15) is 6.54 Å². The molecule has 1 heterocycles. The average molecular weight is 435 g/mol. The third-order valence-corrected chi connectivity index (χ3v) is 5.57. The van der Waals surface area contributed by atoms with E-state index in [4.69, 9.17) is 16.1 Å². The minimum absolute atomic E-state index is 0.0304. The third-order valence-electron chi connectivity index (χ3n) is 4.10. The van der Waals surface area contributed by atoms with E-state index in [-0.39, 0.29) is 19.0 Å². The van der Waals surface area contributed by atoms with Crippen molar-refractivity contribution in [3.8, 4) is 11.4 Å². The smallest absolute Gasteiger partial charge is 0.246 e. The molecule has 0 saturated heterocycles. The standard InChI is InChI=1S/C19H19ClN4O4S/c1-23(12-17-21-19(22-28-17)15-10-6-7-11-16(15)20)18(25)13-24(29(2,26)27)14-8-4-3-5-9-14/h3-11H,12-13H2,1-2H3. The zero-order chi connectivity index (χ0) is 21.0. The normalized spacial score (nSPS) is 11.3. The monoisotopic (exact) mass is 434 g/mol. The highest BCUT2D eigenvalue weighted by molar-refractivity contribution is 7.92. The van der Waals surface area contributed by atoms with Gasteiger partial charge in [-0.05, 0) is 24.3 Å². The highest BCUT2D eigenvalue weighted by Gasteiger charge is 2.23. The van der Waals surface area contributed by atoms with Crippen molar-refractivity contribution in [3.05, 3.63) is 65.5 Å². The number of carbonyl (C=O) groups excluding carboxylic acids is 1. The summed E-state index contributed by atoms with van der Waals surface area (Å²) >= 11 is 6.13. The molecule has 29 heavy (non-hydrogen) atoms. The van der Waals surface area contributed by atoms with E-state index in [1.165, 1.54) is 11.9 Å². The van der Waals surface area contributed by atoms with Crippen LogP contribution in [0.15, 0.2) is 59.1 Å². The summed E-state index contributed by atoms with van der Waals surface area (Å²) in [7, 11) is -2.10. The van der Waals surface area contributed by atoms with Crippen LogP contribution < -0.4 is 4.31 Å². The molecule has 0 aliphatic rings. The molecule has 10 heteroatoms. The van der Waals surface area contributed by atoms with Gasteiger partial charge in [0.2, 0.25) is 27.6 Å². The lowest BCUT2D eigenvalue weighted by molar-refractivity contribution is -0.129. The topological polar surface area (TPSA) is 96.6 Å². The Hall–Kier alpha value is -2.91. The summed E-state index contributed by atoms with van der Waals surface area (Å²) < 4.78 is 30.5. The van der Waals surface area contributed by atoms with Gasteiger partial charge in [0.15, 0.2) is 0 Å². The molecule has 0 aliphatic carbocycles. The van der Waals surface area contributed by atoms with Crippen molar-refractivity contribution in [2.45, 2.75) is 6.54 Å². The summed E-state index contributed by atoms with van der Waals surface area (Å²) in [5.74, 6) is 0.103. The number of carbonyl (C=O) groups is 1. The Kier molecular flexibility index (Phi) is 6.19. The second-order valence-corrected chi connectivity index (χ2v) is 8.66. The second kappa shape index (κ2) is 8.62. The third kappa shape index (κ3) is 5.12. The summed E-state index contributed by atoms with van der Waals surface area (Å²) in [6.07, 6.45) is 1.06. The van der Waals surface area contributed by atoms with Crippen LogP contribution in [0, 0.1) is 0 Å². The molecule has 0 N–H and O–H groups in total. The zero-order valence-corrected chi connectivity index (χ0v) is 17.4. The van der Waals surface area contributed by atoms with Crippen molar-refractivity contribution >= 4 is 33.2 Å². The van der Waals surface area contributed by atoms with Crippen LogP contribution in [0.2, 0.25) is 5.02 Å². The molecule has 0 aliphatic heterocycles. The Morgan fingerprint density at radius 1 is 1.10 bits per heavy atom. The van der Waals surface area contributed by atoms with Crippen LogP contribution in [0.1, 0.15) is 5.89 Å². The van der Waals surface area contributed by atoms with Gasteiger partial charge >= 0.3 is 0 Å². The number of amides is 1. The second-order valence-electron chi connectivity index (χ2n) is 6.35. The summed E-state index contributed by atoms with van der Waals surface area (Å²) in [6.45, 7) is -0.312. The Morgan fingerprint density at radius 3 is 2.41 bits per heavy atom. The van der Waals surface area contributed by atoms with Crippen LogP contribution in [0.25, 0.3) is 11.4 Å². The Balaban J connectivity index is 1.71. The van der Waals surface area contributed by atoms with Gasteiger partial charge < -0.3 is 9.42 Å². The highest BCUT2D eigenvalue weighted by atomic mass is 35.5. The van der Waals surface area contributed by atoms with Crippen molar-refractivity contribution < 1.29 is 17.7 Å². The van der Waals surface area contributed by atoms with Gasteiger partial charge in [0.05, 0.1) is 23.5 Å². The molecular weight excluding hydrogens is 416 g/mol. The number of benzene rings is 2. The molecule has 3 rings (SSSR count). The fraction of sp³-hybridized carbons (Fsp3) is 0.211. The maximum atomic E-state index is 12.6. The number of halogens is 1. The Labute approximate surface area is 173 Å². The molecule has 0 saturated carbocycles. The number of nitrogens with zero attached hydrogens (tertiary/aromatic N) is 4. The minimum Gasteiger partial charge on any atom is -0.337 e. The van der Waals surface area contributed by atoms with Gasteiger partial charge in [-0.3, -0.25) is 9.10 Å². The van der Waals surface area contributed by atoms with E-state index >= 15 is 0 Å². The van der Waals surface area contributed by atoms with Crippen LogP contribution >= 0.6 is 11.6 Å². The van der Waals surface area contributed by atoms with Crippen LogP contribution in [-0.4, -0.2) is 49.2 Å². The van der Waals surface area contributed by atoms with Gasteiger partial charge in [-0.2, -0.15) is 4.98 Å². The van der Waals surface area contributed by atoms with E-state index < -0.39 is 15.9 Å². The number of hydrogen-bond donors (Lipinski definition) is 0. The fourth-order valence-electron chi connectivity index (χ4n) is 2.60. The maximum Gasteiger partial charge on any atom is 0.246 e. The van der Waals surface area contributed by atoms with E-state index in [2.05, 4.69) is 10.1 Å². The lowest BCUT2D eigenvalue weighted by Crippen LogP contribution is -2.41. The van der Waals surface area contributed by atoms with Crippen LogP contribution in [0.4, 0.5) is 5.69 Å². The minimum atomic E-state index is -3.64. The fourth-order valence-corrected chi connectivity index (χ4v) is 3.67. The molecule has 0 atom stereocenters. The molecule has 0 unspecified atom stereocenters. The first-order valence-corrected chi connectivity index (χ1v) is 10.8. The predicted molar refractivity (Wildman–Crippen MR) is 110 cm³/mol. The van der Waals surface area contributed by atoms with E-state index in [1.54, 1.807) is 54.6 Å². The highest BCUT2D eigenvalue weighted by Crippen LogP contribution is 2.25. The van der Waals surface area contributed by atoms with Crippen LogP contribution in [-0.2, 0) is 21.4 Å². The number of aromatic nitrogens is 2. The van der Waals surface area contributed by atoms with Gasteiger partial charge in [0, 0.05) is 12.6 Å². The summed E-state index contributed by atoms with van der Waals surface area (Å²) in [5.41, 5.74) is 1.03. The van der Waals surface area contributed by atoms with Crippen molar-refractivity contribution in [1.29, 1.82) is 0 Å². The SMILES string of the molecule is CN(Cc1nc(-c2ccccc2Cl)no1)C(=O)CN(c1ccccc1)S(C)(=O)=O. The van der Waals surface area contributed by atoms with Crippen LogP contribution in [0.3, 0.4) is 0 Å². The molecule has 152 valence electrons. The van der Waals surface area contributed by atoms with E-state index in [0.29, 0.717) is 22.1 Å². The van der Waals surface area contributed by atoms with Crippen molar-refractivity contribution in [2.24, 2.45) is 0 Å². The number of rotatable bonds is 7. The zero-order valence-electron chi connectivity index (χ0n) is 15.8. The van der Waals surface area contributed by atoms with Crippen molar-refractivity contribution in [2.75, 3.05) is 24.2 Å². The molecule has 1 amide bonds. The first-order chi connectivity index (χ1) is 13.8. The number of anilines is 1. The maximum absolute atomic E-state index is 12.6. The molecule has 0 radical (unpaired) electrons. The van der Waals surface area contributed by atoms with Crippen LogP contribution in [0.5, 0.6) is 0 Å². The molecule has 8 nitrogen and oxygen atoms in total. The van der Waals surface area contributed by atoms with Gasteiger partial charge in [-0.1, -0.05) is 47.1 Å². The number of hydrogen-bond acceptors (Lipinski definition) is 6. The molecule has 0 fully saturated rings. The van der Waals surface area contributed by atoms with Gasteiger partial charge in [-0.15, -0.1) is 0 Å². The van der Waals surface area contributed by atoms with Gasteiger partial charge in [0.25, 0.3) is 0 Å². The quantitative estimate of drug-likeness (QED) is 0.567. The first kappa shape index (κ1) is 20.8. The van der Waals surface area contributed by atoms with E-state index in [9.17, 15) is 13.2 Å². The Bertz CT molecular complexity index is 1100. The predicted octanol–water partition coefficient (Wildman–Crippen LogP) is 2.81. The molecule has 0 bridgehead atoms. The molecule has 2 aromatic carbocycles. The van der Waals surface area contributed by atoms with E-state index in [1.807, 2.05) is 0 Å². The molecule has 1 aromatic heterocycles. The lowest BCUT2D eigenvalue weighted by atomic mass is 10.2. The molecule has 0 spiro atoms. The number of para-hydroxylation sites is 1. The largest absolute Gasteiger partial charge is 0.337 e. The Morgan fingerprint density at radius 2 is 1.76 bits per heavy atom. The molecule has 3 aromatic rings.